The Kier molecular flexibility index (Phi) is 6.54. The Morgan fingerprint density at radius 2 is 1.83 bits per heavy atom. The third-order valence-corrected chi connectivity index (χ3v) is 3.29. The molecule has 0 heterocycles. The monoisotopic (exact) mass is 333 g/mol. The fraction of sp³-hybridized carbons (Fsp3) is 0.278. The van der Waals surface area contributed by atoms with E-state index in [2.05, 4.69) is 15.6 Å². The molecule has 0 spiro atoms. The first-order chi connectivity index (χ1) is 11.6. The summed E-state index contributed by atoms with van der Waals surface area (Å²) in [5.74, 6) is 0.501. The summed E-state index contributed by atoms with van der Waals surface area (Å²) in [5.41, 5.74) is 0.948. The summed E-state index contributed by atoms with van der Waals surface area (Å²) >= 11 is 0. The van der Waals surface area contributed by atoms with Crippen molar-refractivity contribution in [3.05, 3.63) is 65.7 Å². The van der Waals surface area contributed by atoms with E-state index in [1.165, 1.54) is 24.3 Å². The molecular weight excluding hydrogens is 312 g/mol. The molecule has 0 aliphatic rings. The van der Waals surface area contributed by atoms with Gasteiger partial charge in [0.05, 0.1) is 6.54 Å². The van der Waals surface area contributed by atoms with Crippen LogP contribution in [-0.4, -0.2) is 25.7 Å². The SMILES string of the molecule is CN=C(NCc1ccc(F)cc1)NCC(C)Oc1cccc(F)c1. The van der Waals surface area contributed by atoms with Crippen molar-refractivity contribution in [3.63, 3.8) is 0 Å². The molecule has 0 bridgehead atoms. The van der Waals surface area contributed by atoms with Gasteiger partial charge in [-0.2, -0.15) is 0 Å². The van der Waals surface area contributed by atoms with E-state index in [0.717, 1.165) is 5.56 Å². The van der Waals surface area contributed by atoms with Gasteiger partial charge in [-0.1, -0.05) is 18.2 Å². The van der Waals surface area contributed by atoms with Crippen LogP contribution in [0.3, 0.4) is 0 Å². The first kappa shape index (κ1) is 17.7. The molecule has 0 aromatic heterocycles. The fourth-order valence-electron chi connectivity index (χ4n) is 2.06. The van der Waals surface area contributed by atoms with E-state index in [-0.39, 0.29) is 17.7 Å². The van der Waals surface area contributed by atoms with Gasteiger partial charge in [-0.25, -0.2) is 8.78 Å². The predicted octanol–water partition coefficient (Wildman–Crippen LogP) is 3.10. The van der Waals surface area contributed by atoms with Crippen molar-refractivity contribution in [2.75, 3.05) is 13.6 Å². The fourth-order valence-corrected chi connectivity index (χ4v) is 2.06. The number of guanidine groups is 1. The van der Waals surface area contributed by atoms with Crippen molar-refractivity contribution in [3.8, 4) is 5.75 Å². The van der Waals surface area contributed by atoms with Gasteiger partial charge in [-0.3, -0.25) is 4.99 Å². The number of halogens is 2. The van der Waals surface area contributed by atoms with Crippen molar-refractivity contribution in [1.29, 1.82) is 0 Å². The molecule has 2 N–H and O–H groups in total. The van der Waals surface area contributed by atoms with Gasteiger partial charge in [-0.05, 0) is 36.8 Å². The van der Waals surface area contributed by atoms with Gasteiger partial charge >= 0.3 is 0 Å². The number of benzene rings is 2. The molecule has 24 heavy (non-hydrogen) atoms. The lowest BCUT2D eigenvalue weighted by atomic mass is 10.2. The second-order valence-electron chi connectivity index (χ2n) is 5.32. The lowest BCUT2D eigenvalue weighted by Crippen LogP contribution is -2.41. The summed E-state index contributed by atoms with van der Waals surface area (Å²) < 4.78 is 31.6. The Bertz CT molecular complexity index is 674. The minimum Gasteiger partial charge on any atom is -0.489 e. The van der Waals surface area contributed by atoms with E-state index in [1.54, 1.807) is 31.3 Å². The van der Waals surface area contributed by atoms with Crippen molar-refractivity contribution in [1.82, 2.24) is 10.6 Å². The molecule has 2 rings (SSSR count). The van der Waals surface area contributed by atoms with Crippen LogP contribution in [0.5, 0.6) is 5.75 Å². The third kappa shape index (κ3) is 5.87. The van der Waals surface area contributed by atoms with E-state index >= 15 is 0 Å². The summed E-state index contributed by atoms with van der Waals surface area (Å²) in [4.78, 5) is 4.12. The van der Waals surface area contributed by atoms with Crippen LogP contribution in [0, 0.1) is 11.6 Å². The molecule has 1 unspecified atom stereocenters. The molecule has 0 amide bonds. The van der Waals surface area contributed by atoms with Gasteiger partial charge in [0.15, 0.2) is 5.96 Å². The Hall–Kier alpha value is -2.63. The quantitative estimate of drug-likeness (QED) is 0.631. The first-order valence-corrected chi connectivity index (χ1v) is 7.68. The van der Waals surface area contributed by atoms with Crippen LogP contribution in [0.15, 0.2) is 53.5 Å². The average Bonchev–Trinajstić information content (AvgIpc) is 2.56. The average molecular weight is 333 g/mol. The highest BCUT2D eigenvalue weighted by molar-refractivity contribution is 5.79. The zero-order chi connectivity index (χ0) is 17.4. The molecule has 6 heteroatoms. The number of aliphatic imine (C=N–C) groups is 1. The molecule has 4 nitrogen and oxygen atoms in total. The van der Waals surface area contributed by atoms with E-state index in [1.807, 2.05) is 6.92 Å². The maximum atomic E-state index is 13.1. The smallest absolute Gasteiger partial charge is 0.191 e. The molecule has 0 fully saturated rings. The van der Waals surface area contributed by atoms with Gasteiger partial charge in [-0.15, -0.1) is 0 Å². The van der Waals surface area contributed by atoms with Crippen LogP contribution in [0.2, 0.25) is 0 Å². The Morgan fingerprint density at radius 1 is 1.08 bits per heavy atom. The van der Waals surface area contributed by atoms with Crippen LogP contribution < -0.4 is 15.4 Å². The first-order valence-electron chi connectivity index (χ1n) is 7.68. The summed E-state index contributed by atoms with van der Waals surface area (Å²) in [6.07, 6.45) is -0.170. The van der Waals surface area contributed by atoms with Crippen LogP contribution in [0.1, 0.15) is 12.5 Å². The Morgan fingerprint density at radius 3 is 2.50 bits per heavy atom. The summed E-state index contributed by atoms with van der Waals surface area (Å²) in [6, 6.07) is 12.3. The highest BCUT2D eigenvalue weighted by Crippen LogP contribution is 2.13. The zero-order valence-electron chi connectivity index (χ0n) is 13.7. The molecule has 0 aliphatic heterocycles. The number of hydrogen-bond donors (Lipinski definition) is 2. The number of nitrogens with one attached hydrogen (secondary N) is 2. The van der Waals surface area contributed by atoms with Crippen molar-refractivity contribution < 1.29 is 13.5 Å². The lowest BCUT2D eigenvalue weighted by molar-refractivity contribution is 0.223. The summed E-state index contributed by atoms with van der Waals surface area (Å²) in [5, 5.41) is 6.27. The maximum Gasteiger partial charge on any atom is 0.191 e. The van der Waals surface area contributed by atoms with E-state index in [9.17, 15) is 8.78 Å². The summed E-state index contributed by atoms with van der Waals surface area (Å²) in [6.45, 7) is 2.91. The molecule has 0 saturated heterocycles. The topological polar surface area (TPSA) is 45.7 Å². The van der Waals surface area contributed by atoms with E-state index < -0.39 is 0 Å². The molecule has 1 atom stereocenters. The summed E-state index contributed by atoms with van der Waals surface area (Å²) in [7, 11) is 1.66. The van der Waals surface area contributed by atoms with E-state index in [0.29, 0.717) is 24.8 Å². The van der Waals surface area contributed by atoms with Gasteiger partial charge in [0.25, 0.3) is 0 Å². The van der Waals surface area contributed by atoms with Crippen molar-refractivity contribution in [2.24, 2.45) is 4.99 Å². The number of hydrogen-bond acceptors (Lipinski definition) is 2. The maximum absolute atomic E-state index is 13.1. The predicted molar refractivity (Wildman–Crippen MR) is 91.1 cm³/mol. The van der Waals surface area contributed by atoms with Crippen LogP contribution >= 0.6 is 0 Å². The Labute approximate surface area is 140 Å². The van der Waals surface area contributed by atoms with Gasteiger partial charge in [0.2, 0.25) is 0 Å². The van der Waals surface area contributed by atoms with Crippen molar-refractivity contribution in [2.45, 2.75) is 19.6 Å². The molecule has 2 aromatic carbocycles. The molecule has 128 valence electrons. The lowest BCUT2D eigenvalue weighted by Gasteiger charge is -2.17. The number of nitrogens with zero attached hydrogens (tertiary/aromatic N) is 1. The van der Waals surface area contributed by atoms with Gasteiger partial charge in [0, 0.05) is 19.7 Å². The minimum absolute atomic E-state index is 0.170. The van der Waals surface area contributed by atoms with E-state index in [4.69, 9.17) is 4.74 Å². The molecular formula is C18H21F2N3O. The minimum atomic E-state index is -0.329. The molecule has 0 saturated carbocycles. The molecule has 2 aromatic rings. The van der Waals surface area contributed by atoms with Crippen LogP contribution in [0.4, 0.5) is 8.78 Å². The zero-order valence-corrected chi connectivity index (χ0v) is 13.7. The van der Waals surface area contributed by atoms with Crippen LogP contribution in [0.25, 0.3) is 0 Å². The molecule has 0 radical (unpaired) electrons. The number of rotatable bonds is 6. The molecule has 0 aliphatic carbocycles. The number of ether oxygens (including phenoxy) is 1. The third-order valence-electron chi connectivity index (χ3n) is 3.29. The Balaban J connectivity index is 1.77. The van der Waals surface area contributed by atoms with Gasteiger partial charge < -0.3 is 15.4 Å². The highest BCUT2D eigenvalue weighted by Gasteiger charge is 2.06. The van der Waals surface area contributed by atoms with Crippen molar-refractivity contribution >= 4 is 5.96 Å². The van der Waals surface area contributed by atoms with Crippen LogP contribution in [-0.2, 0) is 6.54 Å². The standard InChI is InChI=1S/C18H21F2N3O/c1-13(24-17-5-3-4-16(20)10-17)11-22-18(21-2)23-12-14-6-8-15(19)9-7-14/h3-10,13H,11-12H2,1-2H3,(H2,21,22,23). The second kappa shape index (κ2) is 8.86. The highest BCUT2D eigenvalue weighted by atomic mass is 19.1. The largest absolute Gasteiger partial charge is 0.489 e. The second-order valence-corrected chi connectivity index (χ2v) is 5.32. The normalized spacial score (nSPS) is 12.6. The van der Waals surface area contributed by atoms with Gasteiger partial charge in [0.1, 0.15) is 23.5 Å².